The van der Waals surface area contributed by atoms with Crippen LogP contribution in [0.2, 0.25) is 0 Å². The van der Waals surface area contributed by atoms with E-state index in [2.05, 4.69) is 27.6 Å². The summed E-state index contributed by atoms with van der Waals surface area (Å²) in [5.41, 5.74) is 4.00. The van der Waals surface area contributed by atoms with Gasteiger partial charge in [-0.15, -0.1) is 0 Å². The van der Waals surface area contributed by atoms with Crippen LogP contribution in [0.1, 0.15) is 29.8 Å². The van der Waals surface area contributed by atoms with Gasteiger partial charge in [0.25, 0.3) is 5.56 Å². The van der Waals surface area contributed by atoms with E-state index in [1.807, 2.05) is 6.07 Å². The van der Waals surface area contributed by atoms with Gasteiger partial charge in [0.2, 0.25) is 0 Å². The molecular weight excluding hydrogens is 421 g/mol. The number of halogens is 1. The van der Waals surface area contributed by atoms with Gasteiger partial charge in [-0.3, -0.25) is 19.2 Å². The fourth-order valence-electron chi connectivity index (χ4n) is 5.14. The van der Waals surface area contributed by atoms with Crippen molar-refractivity contribution >= 4 is 11.0 Å². The molecule has 1 saturated heterocycles. The lowest BCUT2D eigenvalue weighted by molar-refractivity contribution is 0.225. The Balaban J connectivity index is 1.28. The Morgan fingerprint density at radius 1 is 1.21 bits per heavy atom. The molecule has 6 rings (SSSR count). The lowest BCUT2D eigenvalue weighted by atomic mass is 9.99. The zero-order chi connectivity index (χ0) is 22.5. The summed E-state index contributed by atoms with van der Waals surface area (Å²) in [6, 6.07) is 10.7. The third-order valence-electron chi connectivity index (χ3n) is 6.86. The number of hydrogen-bond donors (Lipinski definition) is 0. The fraction of sp³-hybridized carbons (Fsp3) is 0.320. The molecule has 6 heterocycles. The van der Waals surface area contributed by atoms with E-state index in [1.165, 1.54) is 52.7 Å². The minimum Gasteiger partial charge on any atom is -0.487 e. The molecule has 1 atom stereocenters. The average Bonchev–Trinajstić information content (AvgIpc) is 3.39. The second-order valence-electron chi connectivity index (χ2n) is 8.82. The number of aromatic nitrogens is 4. The molecule has 0 amide bonds. The van der Waals surface area contributed by atoms with Crippen LogP contribution < -0.4 is 10.3 Å². The first kappa shape index (κ1) is 20.1. The molecular formula is C25H24FN5O2. The zero-order valence-electron chi connectivity index (χ0n) is 18.4. The minimum atomic E-state index is -0.398. The Kier molecular flexibility index (Phi) is 4.76. The van der Waals surface area contributed by atoms with Crippen LogP contribution in [-0.4, -0.2) is 36.6 Å². The van der Waals surface area contributed by atoms with Crippen LogP contribution in [0.4, 0.5) is 4.39 Å². The van der Waals surface area contributed by atoms with E-state index in [-0.39, 0.29) is 12.2 Å². The van der Waals surface area contributed by atoms with Gasteiger partial charge in [0.15, 0.2) is 0 Å². The Hall–Kier alpha value is -3.52. The zero-order valence-corrected chi connectivity index (χ0v) is 18.4. The first-order valence-electron chi connectivity index (χ1n) is 11.2. The molecule has 33 heavy (non-hydrogen) atoms. The predicted molar refractivity (Wildman–Crippen MR) is 122 cm³/mol. The van der Waals surface area contributed by atoms with Crippen LogP contribution in [-0.2, 0) is 26.6 Å². The molecule has 0 bridgehead atoms. The van der Waals surface area contributed by atoms with E-state index < -0.39 is 5.82 Å². The molecule has 0 aliphatic carbocycles. The molecule has 0 aromatic carbocycles. The Bertz CT molecular complexity index is 1410. The molecule has 0 saturated carbocycles. The summed E-state index contributed by atoms with van der Waals surface area (Å²) in [5, 5.41) is 1.17. The van der Waals surface area contributed by atoms with Gasteiger partial charge < -0.3 is 9.30 Å². The fourth-order valence-corrected chi connectivity index (χ4v) is 5.14. The van der Waals surface area contributed by atoms with E-state index in [1.54, 1.807) is 18.3 Å². The molecule has 0 radical (unpaired) electrons. The van der Waals surface area contributed by atoms with Gasteiger partial charge in [0.1, 0.15) is 29.6 Å². The summed E-state index contributed by atoms with van der Waals surface area (Å²) in [6.07, 6.45) is 6.42. The lowest BCUT2D eigenvalue weighted by Crippen LogP contribution is -2.35. The molecule has 168 valence electrons. The predicted octanol–water partition coefficient (Wildman–Crippen LogP) is 3.36. The number of hydrogen-bond acceptors (Lipinski definition) is 5. The number of rotatable bonds is 4. The maximum atomic E-state index is 13.0. The Morgan fingerprint density at radius 3 is 2.94 bits per heavy atom. The van der Waals surface area contributed by atoms with E-state index in [4.69, 9.17) is 9.72 Å². The molecule has 1 fully saturated rings. The van der Waals surface area contributed by atoms with Gasteiger partial charge in [-0.05, 0) is 55.3 Å². The highest BCUT2D eigenvalue weighted by Gasteiger charge is 2.33. The van der Waals surface area contributed by atoms with Crippen LogP contribution in [0.5, 0.6) is 5.75 Å². The average molecular weight is 445 g/mol. The number of aryl methyl sites for hydroxylation is 1. The lowest BCUT2D eigenvalue weighted by Gasteiger charge is -2.30. The van der Waals surface area contributed by atoms with Crippen molar-refractivity contribution in [3.63, 3.8) is 0 Å². The summed E-state index contributed by atoms with van der Waals surface area (Å²) < 4.78 is 22.4. The van der Waals surface area contributed by atoms with Crippen LogP contribution >= 0.6 is 0 Å². The van der Waals surface area contributed by atoms with Gasteiger partial charge in [-0.25, -0.2) is 9.37 Å². The molecule has 4 aromatic heterocycles. The summed E-state index contributed by atoms with van der Waals surface area (Å²) in [7, 11) is 2.08. The van der Waals surface area contributed by atoms with Crippen molar-refractivity contribution in [1.82, 2.24) is 24.0 Å². The maximum absolute atomic E-state index is 13.0. The third kappa shape index (κ3) is 3.51. The Labute approximate surface area is 190 Å². The van der Waals surface area contributed by atoms with Gasteiger partial charge in [-0.2, -0.15) is 0 Å². The van der Waals surface area contributed by atoms with Crippen molar-refractivity contribution < 1.29 is 9.13 Å². The molecule has 7 nitrogen and oxygen atoms in total. The van der Waals surface area contributed by atoms with Crippen molar-refractivity contribution in [2.75, 3.05) is 6.54 Å². The molecule has 2 aliphatic rings. The van der Waals surface area contributed by atoms with Crippen LogP contribution in [0.25, 0.3) is 16.9 Å². The second-order valence-corrected chi connectivity index (χ2v) is 8.82. The number of pyridine rings is 3. The second kappa shape index (κ2) is 7.81. The molecule has 1 unspecified atom stereocenters. The highest BCUT2D eigenvalue weighted by atomic mass is 19.1. The van der Waals surface area contributed by atoms with E-state index in [0.29, 0.717) is 23.3 Å². The van der Waals surface area contributed by atoms with Crippen molar-refractivity contribution in [1.29, 1.82) is 0 Å². The van der Waals surface area contributed by atoms with E-state index in [9.17, 15) is 9.18 Å². The number of nitrogens with zero attached hydrogens (tertiary/aromatic N) is 5. The van der Waals surface area contributed by atoms with E-state index >= 15 is 0 Å². The van der Waals surface area contributed by atoms with Gasteiger partial charge in [0.05, 0.1) is 11.9 Å². The summed E-state index contributed by atoms with van der Waals surface area (Å²) in [4.78, 5) is 24.2. The van der Waals surface area contributed by atoms with Crippen molar-refractivity contribution in [3.8, 4) is 11.6 Å². The largest absolute Gasteiger partial charge is 0.487 e. The minimum absolute atomic E-state index is 0.154. The summed E-state index contributed by atoms with van der Waals surface area (Å²) >= 11 is 0. The van der Waals surface area contributed by atoms with Crippen LogP contribution in [0.3, 0.4) is 0 Å². The van der Waals surface area contributed by atoms with Crippen molar-refractivity contribution in [2.24, 2.45) is 7.05 Å². The van der Waals surface area contributed by atoms with Crippen LogP contribution in [0.15, 0.2) is 53.6 Å². The first-order valence-corrected chi connectivity index (χ1v) is 11.2. The topological polar surface area (TPSA) is 65.2 Å². The quantitative estimate of drug-likeness (QED) is 0.482. The van der Waals surface area contributed by atoms with Gasteiger partial charge in [0, 0.05) is 49.4 Å². The SMILES string of the molecule is Cn1c2c(c3ccc(-n4ccc(OCc5ccc(F)cn5)cc4=O)nc31)CN1CCCC1C2. The number of ether oxygens (including phenoxy) is 1. The highest BCUT2D eigenvalue weighted by molar-refractivity contribution is 5.83. The van der Waals surface area contributed by atoms with Crippen molar-refractivity contribution in [3.05, 3.63) is 81.9 Å². The standard InChI is InChI=1S/C25H24FN5O2/c1-29-22-11-18-3-2-9-30(18)14-21(22)20-6-7-23(28-25(20)29)31-10-8-19(12-24(31)32)33-15-17-5-4-16(26)13-27-17/h4-8,10,12-13,18H,2-3,9,11,14-15H2,1H3. The first-order chi connectivity index (χ1) is 16.1. The summed E-state index contributed by atoms with van der Waals surface area (Å²) in [5.74, 6) is 0.612. The van der Waals surface area contributed by atoms with Gasteiger partial charge >= 0.3 is 0 Å². The molecule has 0 N–H and O–H groups in total. The molecule has 0 spiro atoms. The van der Waals surface area contributed by atoms with Gasteiger partial charge in [-0.1, -0.05) is 0 Å². The maximum Gasteiger partial charge on any atom is 0.259 e. The van der Waals surface area contributed by atoms with E-state index in [0.717, 1.165) is 24.8 Å². The van der Waals surface area contributed by atoms with Crippen LogP contribution in [0, 0.1) is 5.82 Å². The molecule has 8 heteroatoms. The molecule has 4 aromatic rings. The normalized spacial score (nSPS) is 17.8. The molecule has 2 aliphatic heterocycles. The smallest absolute Gasteiger partial charge is 0.259 e. The monoisotopic (exact) mass is 445 g/mol. The Morgan fingerprint density at radius 2 is 2.12 bits per heavy atom. The highest BCUT2D eigenvalue weighted by Crippen LogP contribution is 2.35. The summed E-state index contributed by atoms with van der Waals surface area (Å²) in [6.45, 7) is 2.31. The van der Waals surface area contributed by atoms with Crippen molar-refractivity contribution in [2.45, 2.75) is 38.5 Å². The third-order valence-corrected chi connectivity index (χ3v) is 6.86. The number of fused-ring (bicyclic) bond motifs is 4.